The summed E-state index contributed by atoms with van der Waals surface area (Å²) in [6, 6.07) is 14.1. The summed E-state index contributed by atoms with van der Waals surface area (Å²) in [4.78, 5) is 38.1. The molecule has 4 aromatic rings. The summed E-state index contributed by atoms with van der Waals surface area (Å²) in [6.07, 6.45) is 11.3. The Bertz CT molecular complexity index is 1290. The van der Waals surface area contributed by atoms with E-state index in [9.17, 15) is 9.59 Å². The molecule has 0 aliphatic rings. The monoisotopic (exact) mass is 486 g/mol. The zero-order chi connectivity index (χ0) is 25.2. The number of hydrogen-bond donors (Lipinski definition) is 1. The van der Waals surface area contributed by atoms with Crippen molar-refractivity contribution in [1.82, 2.24) is 19.5 Å². The number of unbranched alkanes of at least 4 members (excludes halogenated alkanes) is 2. The number of ether oxygens (including phenoxy) is 1. The summed E-state index contributed by atoms with van der Waals surface area (Å²) in [7, 11) is 0. The molecule has 0 amide bonds. The van der Waals surface area contributed by atoms with Crippen molar-refractivity contribution in [2.75, 3.05) is 6.61 Å². The molecule has 4 rings (SSSR count). The number of ketones is 1. The summed E-state index contributed by atoms with van der Waals surface area (Å²) < 4.78 is 7.35. The number of rotatable bonds is 14. The van der Waals surface area contributed by atoms with E-state index in [1.54, 1.807) is 18.6 Å². The first-order chi connectivity index (χ1) is 17.6. The molecular weight excluding hydrogens is 452 g/mol. The molecule has 0 aliphatic carbocycles. The second-order valence-corrected chi connectivity index (χ2v) is 9.13. The van der Waals surface area contributed by atoms with Crippen molar-refractivity contribution in [3.63, 3.8) is 0 Å². The molecule has 0 aliphatic heterocycles. The summed E-state index contributed by atoms with van der Waals surface area (Å²) in [6.45, 7) is 2.61. The molecule has 7 heteroatoms. The highest BCUT2D eigenvalue weighted by Gasteiger charge is 2.15. The van der Waals surface area contributed by atoms with Gasteiger partial charge in [0, 0.05) is 35.4 Å². The van der Waals surface area contributed by atoms with Gasteiger partial charge in [0.15, 0.2) is 5.78 Å². The van der Waals surface area contributed by atoms with E-state index < -0.39 is 0 Å². The molecule has 0 radical (unpaired) electrons. The third kappa shape index (κ3) is 6.90. The van der Waals surface area contributed by atoms with Gasteiger partial charge in [0.05, 0.1) is 19.3 Å². The van der Waals surface area contributed by atoms with Crippen LogP contribution in [0.5, 0.6) is 5.88 Å². The number of aromatic nitrogens is 4. The van der Waals surface area contributed by atoms with Crippen molar-refractivity contribution < 1.29 is 9.53 Å². The lowest BCUT2D eigenvalue weighted by Gasteiger charge is -2.14. The number of H-pyrrole nitrogens is 1. The van der Waals surface area contributed by atoms with E-state index >= 15 is 0 Å². The molecule has 3 aromatic heterocycles. The van der Waals surface area contributed by atoms with Crippen LogP contribution in [0.3, 0.4) is 0 Å². The number of fused-ring (bicyclic) bond motifs is 1. The van der Waals surface area contributed by atoms with Crippen LogP contribution in [-0.4, -0.2) is 31.9 Å². The smallest absolute Gasteiger partial charge is 0.275 e. The van der Waals surface area contributed by atoms with Crippen LogP contribution in [0.25, 0.3) is 10.9 Å². The maximum atomic E-state index is 13.3. The third-order valence-corrected chi connectivity index (χ3v) is 6.29. The average Bonchev–Trinajstić information content (AvgIpc) is 3.32. The summed E-state index contributed by atoms with van der Waals surface area (Å²) in [5, 5.41) is 1.02. The Kier molecular flexibility index (Phi) is 9.03. The third-order valence-electron chi connectivity index (χ3n) is 6.29. The zero-order valence-electron chi connectivity index (χ0n) is 20.9. The maximum absolute atomic E-state index is 13.3. The normalized spacial score (nSPS) is 11.1. The van der Waals surface area contributed by atoms with Gasteiger partial charge in [-0.15, -0.1) is 0 Å². The molecule has 0 atom stereocenters. The Morgan fingerprint density at radius 3 is 2.69 bits per heavy atom. The molecule has 7 nitrogen and oxygen atoms in total. The molecule has 0 fully saturated rings. The van der Waals surface area contributed by atoms with E-state index in [0.29, 0.717) is 37.4 Å². The Morgan fingerprint density at radius 1 is 1.03 bits per heavy atom. The standard InChI is InChI=1S/C29H34N4O3/c1-2-3-7-17-36-28-20-31-27(12-8-11-22-9-5-4-6-10-22)29(35)33(28)21-25(34)14-13-24-18-23-19-30-16-15-26(23)32-24/h4-6,9-10,15-16,18-20,32H,2-3,7-8,11-14,17,21H2,1H3. The molecule has 0 saturated heterocycles. The minimum atomic E-state index is -0.235. The number of carbonyl (C=O) groups excluding carboxylic acids is 1. The largest absolute Gasteiger partial charge is 0.478 e. The van der Waals surface area contributed by atoms with Crippen molar-refractivity contribution >= 4 is 16.7 Å². The molecule has 36 heavy (non-hydrogen) atoms. The van der Waals surface area contributed by atoms with E-state index in [-0.39, 0.29) is 17.9 Å². The minimum Gasteiger partial charge on any atom is -0.478 e. The Balaban J connectivity index is 1.43. The van der Waals surface area contributed by atoms with Gasteiger partial charge in [0.1, 0.15) is 5.69 Å². The molecule has 0 bridgehead atoms. The molecule has 1 N–H and O–H groups in total. The zero-order valence-corrected chi connectivity index (χ0v) is 20.9. The predicted octanol–water partition coefficient (Wildman–Crippen LogP) is 5.07. The fourth-order valence-electron chi connectivity index (χ4n) is 4.28. The van der Waals surface area contributed by atoms with Gasteiger partial charge in [-0.2, -0.15) is 0 Å². The highest BCUT2D eigenvalue weighted by molar-refractivity contribution is 5.80. The van der Waals surface area contributed by atoms with Crippen molar-refractivity contribution in [2.45, 2.75) is 64.8 Å². The van der Waals surface area contributed by atoms with Crippen LogP contribution in [0, 0.1) is 0 Å². The molecule has 3 heterocycles. The maximum Gasteiger partial charge on any atom is 0.275 e. The van der Waals surface area contributed by atoms with Gasteiger partial charge in [0.2, 0.25) is 5.88 Å². The van der Waals surface area contributed by atoms with Gasteiger partial charge >= 0.3 is 0 Å². The SMILES string of the molecule is CCCCCOc1cnc(CCCc2ccccc2)c(=O)n1CC(=O)CCc1cc2cnccc2[nH]1. The van der Waals surface area contributed by atoms with Gasteiger partial charge in [-0.05, 0) is 49.8 Å². The number of nitrogens with one attached hydrogen (secondary N) is 1. The van der Waals surface area contributed by atoms with Crippen LogP contribution in [0.1, 0.15) is 56.0 Å². The summed E-state index contributed by atoms with van der Waals surface area (Å²) in [5.74, 6) is 0.349. The first kappa shape index (κ1) is 25.4. The number of aryl methyl sites for hydroxylation is 3. The highest BCUT2D eigenvalue weighted by atomic mass is 16.5. The van der Waals surface area contributed by atoms with E-state index in [4.69, 9.17) is 4.74 Å². The lowest BCUT2D eigenvalue weighted by Crippen LogP contribution is -2.30. The predicted molar refractivity (Wildman–Crippen MR) is 141 cm³/mol. The molecule has 0 saturated carbocycles. The van der Waals surface area contributed by atoms with Crippen molar-refractivity contribution in [3.8, 4) is 5.88 Å². The van der Waals surface area contributed by atoms with E-state index in [1.807, 2.05) is 30.3 Å². The number of carbonyl (C=O) groups is 1. The van der Waals surface area contributed by atoms with Crippen LogP contribution < -0.4 is 10.3 Å². The van der Waals surface area contributed by atoms with Crippen LogP contribution in [0.4, 0.5) is 0 Å². The number of hydrogen-bond acceptors (Lipinski definition) is 5. The van der Waals surface area contributed by atoms with Gasteiger partial charge in [-0.25, -0.2) is 4.98 Å². The van der Waals surface area contributed by atoms with Gasteiger partial charge in [-0.3, -0.25) is 19.1 Å². The van der Waals surface area contributed by atoms with Gasteiger partial charge in [0.25, 0.3) is 5.56 Å². The number of nitrogens with zero attached hydrogens (tertiary/aromatic N) is 3. The Morgan fingerprint density at radius 2 is 1.89 bits per heavy atom. The Hall–Kier alpha value is -3.74. The van der Waals surface area contributed by atoms with Crippen LogP contribution in [0.15, 0.2) is 65.8 Å². The highest BCUT2D eigenvalue weighted by Crippen LogP contribution is 2.16. The molecule has 188 valence electrons. The van der Waals surface area contributed by atoms with E-state index in [0.717, 1.165) is 48.7 Å². The van der Waals surface area contributed by atoms with Crippen LogP contribution in [-0.2, 0) is 30.6 Å². The van der Waals surface area contributed by atoms with Crippen LogP contribution >= 0.6 is 0 Å². The molecule has 0 spiro atoms. The summed E-state index contributed by atoms with van der Waals surface area (Å²) >= 11 is 0. The van der Waals surface area contributed by atoms with E-state index in [1.165, 1.54) is 10.1 Å². The number of pyridine rings is 1. The first-order valence-electron chi connectivity index (χ1n) is 12.8. The minimum absolute atomic E-state index is 0.0159. The average molecular weight is 487 g/mol. The fraction of sp³-hybridized carbons (Fsp3) is 0.379. The van der Waals surface area contributed by atoms with Crippen molar-refractivity contribution in [2.24, 2.45) is 0 Å². The topological polar surface area (TPSA) is 89.9 Å². The van der Waals surface area contributed by atoms with E-state index in [2.05, 4.69) is 34.0 Å². The molecular formula is C29H34N4O3. The second-order valence-electron chi connectivity index (χ2n) is 9.13. The van der Waals surface area contributed by atoms with Crippen LogP contribution in [0.2, 0.25) is 0 Å². The van der Waals surface area contributed by atoms with Gasteiger partial charge in [-0.1, -0.05) is 50.1 Å². The Labute approximate surface area is 211 Å². The first-order valence-corrected chi connectivity index (χ1v) is 12.8. The quantitative estimate of drug-likeness (QED) is 0.252. The fourth-order valence-corrected chi connectivity index (χ4v) is 4.28. The number of Topliss-reactive ketones (excluding diaryl/α,β-unsaturated/α-hetero) is 1. The lowest BCUT2D eigenvalue weighted by molar-refractivity contribution is -0.119. The lowest BCUT2D eigenvalue weighted by atomic mass is 10.1. The van der Waals surface area contributed by atoms with Crippen molar-refractivity contribution in [3.05, 3.63) is 88.4 Å². The van der Waals surface area contributed by atoms with Gasteiger partial charge < -0.3 is 9.72 Å². The second kappa shape index (κ2) is 12.8. The summed E-state index contributed by atoms with van der Waals surface area (Å²) in [5.41, 5.74) is 3.45. The molecule has 1 aromatic carbocycles. The number of aromatic amines is 1. The number of benzene rings is 1. The van der Waals surface area contributed by atoms with Crippen molar-refractivity contribution in [1.29, 1.82) is 0 Å². The molecule has 0 unspecified atom stereocenters.